The highest BCUT2D eigenvalue weighted by Gasteiger charge is 2.29. The largest absolute Gasteiger partial charge is 0.370 e. The van der Waals surface area contributed by atoms with Crippen LogP contribution in [0.5, 0.6) is 0 Å². The van der Waals surface area contributed by atoms with Crippen LogP contribution in [-0.2, 0) is 4.79 Å². The van der Waals surface area contributed by atoms with Gasteiger partial charge in [0.05, 0.1) is 10.6 Å². The summed E-state index contributed by atoms with van der Waals surface area (Å²) in [6.07, 6.45) is 0. The van der Waals surface area contributed by atoms with Crippen molar-refractivity contribution in [2.45, 2.75) is 6.04 Å². The molecule has 0 saturated carbocycles. The maximum Gasteiger partial charge on any atom is 0.251 e. The monoisotopic (exact) mass is 283 g/mol. The minimum absolute atomic E-state index is 0.105. The Hall–Kier alpha value is -2.51. The summed E-state index contributed by atoms with van der Waals surface area (Å²) in [7, 11) is 0. The Balaban J connectivity index is 1.90. The average Bonchev–Trinajstić information content (AvgIpc) is 2.76. The number of carbonyl (C=O) groups excluding carboxylic acids is 1. The quantitative estimate of drug-likeness (QED) is 0.888. The van der Waals surface area contributed by atoms with E-state index < -0.39 is 6.04 Å². The van der Waals surface area contributed by atoms with Crippen LogP contribution in [0.3, 0.4) is 0 Å². The summed E-state index contributed by atoms with van der Waals surface area (Å²) in [5, 5.41) is 15.2. The molecule has 2 aromatic carbocycles. The lowest BCUT2D eigenvalue weighted by molar-refractivity contribution is -0.116. The van der Waals surface area contributed by atoms with E-state index in [1.165, 1.54) is 0 Å². The lowest BCUT2D eigenvalue weighted by atomic mass is 10.1. The van der Waals surface area contributed by atoms with Crippen LogP contribution in [0.1, 0.15) is 17.2 Å². The second kappa shape index (κ2) is 4.87. The fourth-order valence-electron chi connectivity index (χ4n) is 2.21. The van der Waals surface area contributed by atoms with E-state index in [1.54, 1.807) is 18.2 Å². The molecule has 2 N–H and O–H groups in total. The van der Waals surface area contributed by atoms with Gasteiger partial charge in [0.25, 0.3) is 5.91 Å². The van der Waals surface area contributed by atoms with Crippen LogP contribution >= 0.6 is 11.6 Å². The van der Waals surface area contributed by atoms with Gasteiger partial charge in [0.1, 0.15) is 12.1 Å². The molecule has 0 bridgehead atoms. The molecule has 1 unspecified atom stereocenters. The Morgan fingerprint density at radius 3 is 2.80 bits per heavy atom. The zero-order chi connectivity index (χ0) is 14.1. The fourth-order valence-corrected chi connectivity index (χ4v) is 2.44. The van der Waals surface area contributed by atoms with Crippen LogP contribution in [0.2, 0.25) is 5.02 Å². The van der Waals surface area contributed by atoms with Crippen molar-refractivity contribution in [2.75, 3.05) is 10.6 Å². The summed E-state index contributed by atoms with van der Waals surface area (Å²) in [5.74, 6) is -0.105. The van der Waals surface area contributed by atoms with Gasteiger partial charge in [-0.3, -0.25) is 4.79 Å². The number of rotatable bonds is 2. The predicted octanol–water partition coefficient (Wildman–Crippen LogP) is 3.32. The van der Waals surface area contributed by atoms with Gasteiger partial charge in [-0.1, -0.05) is 29.8 Å². The van der Waals surface area contributed by atoms with E-state index in [4.69, 9.17) is 16.9 Å². The zero-order valence-electron chi connectivity index (χ0n) is 10.4. The third-order valence-corrected chi connectivity index (χ3v) is 3.51. The molecular formula is C15H10ClN3O. The summed E-state index contributed by atoms with van der Waals surface area (Å²) in [5.41, 5.74) is 2.83. The Labute approximate surface area is 121 Å². The van der Waals surface area contributed by atoms with Crippen molar-refractivity contribution in [3.63, 3.8) is 0 Å². The molecule has 3 rings (SSSR count). The van der Waals surface area contributed by atoms with Crippen molar-refractivity contribution < 1.29 is 4.79 Å². The Morgan fingerprint density at radius 1 is 1.25 bits per heavy atom. The fraction of sp³-hybridized carbons (Fsp3) is 0.0667. The van der Waals surface area contributed by atoms with E-state index in [0.717, 1.165) is 11.3 Å². The lowest BCUT2D eigenvalue weighted by Crippen LogP contribution is -2.19. The number of hydrogen-bond acceptors (Lipinski definition) is 3. The number of hydrogen-bond donors (Lipinski definition) is 2. The molecule has 5 heteroatoms. The summed E-state index contributed by atoms with van der Waals surface area (Å²) in [6, 6.07) is 14.1. The molecule has 1 amide bonds. The first-order chi connectivity index (χ1) is 9.69. The molecule has 0 radical (unpaired) electrons. The molecule has 0 saturated heterocycles. The summed E-state index contributed by atoms with van der Waals surface area (Å²) in [4.78, 5) is 12.0. The smallest absolute Gasteiger partial charge is 0.251 e. The number of halogens is 1. The molecule has 1 aliphatic heterocycles. The molecule has 1 heterocycles. The highest BCUT2D eigenvalue weighted by atomic mass is 35.5. The number of benzene rings is 2. The first-order valence-electron chi connectivity index (χ1n) is 6.05. The van der Waals surface area contributed by atoms with Crippen LogP contribution in [0.15, 0.2) is 42.5 Å². The first kappa shape index (κ1) is 12.5. The normalized spacial score (nSPS) is 16.2. The van der Waals surface area contributed by atoms with E-state index in [-0.39, 0.29) is 5.91 Å². The van der Waals surface area contributed by atoms with Gasteiger partial charge in [-0.2, -0.15) is 5.26 Å². The van der Waals surface area contributed by atoms with Crippen LogP contribution in [-0.4, -0.2) is 5.91 Å². The highest BCUT2D eigenvalue weighted by Crippen LogP contribution is 2.33. The van der Waals surface area contributed by atoms with Crippen molar-refractivity contribution in [3.8, 4) is 6.07 Å². The minimum Gasteiger partial charge on any atom is -0.370 e. The molecule has 0 spiro atoms. The van der Waals surface area contributed by atoms with E-state index >= 15 is 0 Å². The SMILES string of the molecule is N#Cc1ccc(NC2C(=O)Nc3ccccc32)cc1Cl. The number of carbonyl (C=O) groups is 1. The van der Waals surface area contributed by atoms with Crippen LogP contribution < -0.4 is 10.6 Å². The van der Waals surface area contributed by atoms with Crippen LogP contribution in [0.25, 0.3) is 0 Å². The van der Waals surface area contributed by atoms with E-state index in [9.17, 15) is 4.79 Å². The molecule has 1 atom stereocenters. The molecule has 4 nitrogen and oxygen atoms in total. The second-order valence-corrected chi connectivity index (χ2v) is 4.87. The maximum atomic E-state index is 12.0. The molecular weight excluding hydrogens is 274 g/mol. The predicted molar refractivity (Wildman–Crippen MR) is 77.6 cm³/mol. The van der Waals surface area contributed by atoms with Crippen LogP contribution in [0, 0.1) is 11.3 Å². The van der Waals surface area contributed by atoms with Crippen molar-refractivity contribution >= 4 is 28.9 Å². The Morgan fingerprint density at radius 2 is 2.05 bits per heavy atom. The average molecular weight is 284 g/mol. The molecule has 0 aliphatic carbocycles. The van der Waals surface area contributed by atoms with Gasteiger partial charge in [0.15, 0.2) is 0 Å². The summed E-state index contributed by atoms with van der Waals surface area (Å²) < 4.78 is 0. The van der Waals surface area contributed by atoms with E-state index in [0.29, 0.717) is 16.3 Å². The molecule has 1 aliphatic rings. The van der Waals surface area contributed by atoms with Gasteiger partial charge in [0, 0.05) is 16.9 Å². The topological polar surface area (TPSA) is 64.9 Å². The van der Waals surface area contributed by atoms with Crippen molar-refractivity contribution in [1.29, 1.82) is 5.26 Å². The zero-order valence-corrected chi connectivity index (χ0v) is 11.1. The number of para-hydroxylation sites is 1. The Kier molecular flexibility index (Phi) is 3.05. The van der Waals surface area contributed by atoms with Gasteiger partial charge in [-0.25, -0.2) is 0 Å². The standard InChI is InChI=1S/C15H10ClN3O/c16-12-7-10(6-5-9(12)8-17)18-14-11-3-1-2-4-13(11)19-15(14)20/h1-7,14,18H,(H,19,20). The van der Waals surface area contributed by atoms with Crippen molar-refractivity contribution in [1.82, 2.24) is 0 Å². The number of nitrogens with zero attached hydrogens (tertiary/aromatic N) is 1. The number of nitriles is 1. The van der Waals surface area contributed by atoms with Gasteiger partial charge in [0.2, 0.25) is 0 Å². The lowest BCUT2D eigenvalue weighted by Gasteiger charge is -2.13. The van der Waals surface area contributed by atoms with Gasteiger partial charge in [-0.05, 0) is 24.3 Å². The van der Waals surface area contributed by atoms with Gasteiger partial charge < -0.3 is 10.6 Å². The molecule has 2 aromatic rings. The van der Waals surface area contributed by atoms with E-state index in [1.807, 2.05) is 30.3 Å². The Bertz CT molecular complexity index is 736. The molecule has 0 fully saturated rings. The second-order valence-electron chi connectivity index (χ2n) is 4.46. The number of nitrogens with one attached hydrogen (secondary N) is 2. The number of anilines is 2. The third kappa shape index (κ3) is 2.09. The first-order valence-corrected chi connectivity index (χ1v) is 6.43. The molecule has 20 heavy (non-hydrogen) atoms. The van der Waals surface area contributed by atoms with Crippen molar-refractivity contribution in [3.05, 3.63) is 58.6 Å². The highest BCUT2D eigenvalue weighted by molar-refractivity contribution is 6.32. The van der Waals surface area contributed by atoms with Crippen molar-refractivity contribution in [2.24, 2.45) is 0 Å². The summed E-state index contributed by atoms with van der Waals surface area (Å²) >= 11 is 5.99. The maximum absolute atomic E-state index is 12.0. The molecule has 0 aromatic heterocycles. The third-order valence-electron chi connectivity index (χ3n) is 3.19. The van der Waals surface area contributed by atoms with E-state index in [2.05, 4.69) is 10.6 Å². The van der Waals surface area contributed by atoms with Gasteiger partial charge in [-0.15, -0.1) is 0 Å². The minimum atomic E-state index is -0.449. The van der Waals surface area contributed by atoms with Gasteiger partial charge >= 0.3 is 0 Å². The summed E-state index contributed by atoms with van der Waals surface area (Å²) in [6.45, 7) is 0. The molecule has 98 valence electrons. The number of fused-ring (bicyclic) bond motifs is 1. The van der Waals surface area contributed by atoms with Crippen LogP contribution in [0.4, 0.5) is 11.4 Å². The number of amides is 1.